The van der Waals surface area contributed by atoms with E-state index in [2.05, 4.69) is 27.6 Å². The highest BCUT2D eigenvalue weighted by atomic mass is 32.1. The summed E-state index contributed by atoms with van der Waals surface area (Å²) in [5, 5.41) is 7.29. The number of nitrogens with two attached hydrogens (primary N) is 1. The number of aromatic nitrogens is 5. The SMILES string of the molecule is Cc1cc2ncc(-c3nc4c(s3)c(C(N)=O)cn4CC(=O)N3CCCOC[C@@H]3C(=S)CC3CCC(c4cc5sccc5s4)C3)cn2n1. The maximum Gasteiger partial charge on any atom is 0.251 e. The van der Waals surface area contributed by atoms with Crippen LogP contribution in [0.25, 0.3) is 36.0 Å². The van der Waals surface area contributed by atoms with Crippen molar-refractivity contribution in [1.29, 1.82) is 0 Å². The first kappa shape index (κ1) is 30.8. The number of hydrogen-bond acceptors (Lipinski definition) is 10. The van der Waals surface area contributed by atoms with Gasteiger partial charge in [-0.25, -0.2) is 14.5 Å². The molecule has 2 fully saturated rings. The Hall–Kier alpha value is -3.56. The summed E-state index contributed by atoms with van der Waals surface area (Å²) in [5.74, 6) is 0.439. The molecule has 2 amide bonds. The molecule has 14 heteroatoms. The Morgan fingerprint density at radius 1 is 1.17 bits per heavy atom. The number of thiophene rings is 2. The van der Waals surface area contributed by atoms with Crippen LogP contribution >= 0.6 is 46.2 Å². The smallest absolute Gasteiger partial charge is 0.251 e. The van der Waals surface area contributed by atoms with Crippen molar-refractivity contribution >= 4 is 88.3 Å². The van der Waals surface area contributed by atoms with Crippen LogP contribution in [0.2, 0.25) is 0 Å². The Bertz CT molecular complexity index is 2130. The zero-order chi connectivity index (χ0) is 32.2. The van der Waals surface area contributed by atoms with Gasteiger partial charge in [0, 0.05) is 62.5 Å². The molecule has 8 rings (SSSR count). The van der Waals surface area contributed by atoms with Gasteiger partial charge in [0.15, 0.2) is 11.3 Å². The monoisotopic (exact) mass is 703 g/mol. The Kier molecular flexibility index (Phi) is 8.16. The lowest BCUT2D eigenvalue weighted by atomic mass is 9.96. The molecule has 0 radical (unpaired) electrons. The van der Waals surface area contributed by atoms with Crippen LogP contribution in [0.4, 0.5) is 0 Å². The summed E-state index contributed by atoms with van der Waals surface area (Å²) in [6, 6.07) is 6.22. The maximum absolute atomic E-state index is 14.0. The average molecular weight is 704 g/mol. The van der Waals surface area contributed by atoms with Crippen LogP contribution in [0.3, 0.4) is 0 Å². The highest BCUT2D eigenvalue weighted by molar-refractivity contribution is 7.80. The Morgan fingerprint density at radius 2 is 2.06 bits per heavy atom. The summed E-state index contributed by atoms with van der Waals surface area (Å²) in [6.45, 7) is 3.48. The minimum absolute atomic E-state index is 0.0166. The normalized spacial score (nSPS) is 20.4. The molecule has 0 bridgehead atoms. The summed E-state index contributed by atoms with van der Waals surface area (Å²) < 4.78 is 12.8. The van der Waals surface area contributed by atoms with Crippen LogP contribution in [0, 0.1) is 12.8 Å². The third-order valence-corrected chi connectivity index (χ3v) is 13.1. The van der Waals surface area contributed by atoms with Crippen LogP contribution in [-0.2, 0) is 16.1 Å². The Morgan fingerprint density at radius 3 is 2.91 bits per heavy atom. The molecule has 1 aliphatic carbocycles. The number of carbonyl (C=O) groups excluding carboxylic acids is 2. The molecule has 1 saturated heterocycles. The first-order chi connectivity index (χ1) is 22.8. The van der Waals surface area contributed by atoms with Crippen molar-refractivity contribution in [3.63, 3.8) is 0 Å². The van der Waals surface area contributed by atoms with Gasteiger partial charge in [-0.05, 0) is 68.4 Å². The van der Waals surface area contributed by atoms with Gasteiger partial charge in [-0.15, -0.1) is 34.0 Å². The fourth-order valence-corrected chi connectivity index (χ4v) is 10.8. The van der Waals surface area contributed by atoms with E-state index >= 15 is 0 Å². The van der Waals surface area contributed by atoms with Crippen LogP contribution < -0.4 is 5.73 Å². The zero-order valence-electron chi connectivity index (χ0n) is 25.8. The molecule has 1 aliphatic heterocycles. The molecular formula is C33H33N7O3S4. The molecule has 2 N–H and O–H groups in total. The second kappa shape index (κ2) is 12.5. The van der Waals surface area contributed by atoms with Gasteiger partial charge in [0.05, 0.1) is 28.6 Å². The molecule has 1 saturated carbocycles. The number of aryl methyl sites for hydroxylation is 1. The average Bonchev–Trinajstić information content (AvgIpc) is 3.87. The minimum Gasteiger partial charge on any atom is -0.379 e. The summed E-state index contributed by atoms with van der Waals surface area (Å²) in [6.07, 6.45) is 10.3. The molecule has 10 nitrogen and oxygen atoms in total. The largest absolute Gasteiger partial charge is 0.379 e. The van der Waals surface area contributed by atoms with Gasteiger partial charge in [-0.3, -0.25) is 9.59 Å². The van der Waals surface area contributed by atoms with Gasteiger partial charge < -0.3 is 19.9 Å². The second-order valence-electron chi connectivity index (χ2n) is 12.5. The number of rotatable bonds is 8. The molecule has 47 heavy (non-hydrogen) atoms. The van der Waals surface area contributed by atoms with Gasteiger partial charge in [0.2, 0.25) is 5.91 Å². The number of amides is 2. The van der Waals surface area contributed by atoms with E-state index in [0.29, 0.717) is 52.5 Å². The summed E-state index contributed by atoms with van der Waals surface area (Å²) in [4.78, 5) is 40.1. The molecule has 7 heterocycles. The molecule has 242 valence electrons. The lowest BCUT2D eigenvalue weighted by Crippen LogP contribution is -2.47. The zero-order valence-corrected chi connectivity index (χ0v) is 29.0. The van der Waals surface area contributed by atoms with E-state index in [-0.39, 0.29) is 18.5 Å². The first-order valence-corrected chi connectivity index (χ1v) is 18.7. The third-order valence-electron chi connectivity index (χ3n) is 9.29. The van der Waals surface area contributed by atoms with Crippen molar-refractivity contribution < 1.29 is 14.3 Å². The van der Waals surface area contributed by atoms with Crippen molar-refractivity contribution in [1.82, 2.24) is 29.0 Å². The van der Waals surface area contributed by atoms with Crippen molar-refractivity contribution in [2.75, 3.05) is 19.8 Å². The molecular weight excluding hydrogens is 671 g/mol. The summed E-state index contributed by atoms with van der Waals surface area (Å²) in [7, 11) is 0. The quantitative estimate of drug-likeness (QED) is 0.181. The van der Waals surface area contributed by atoms with Gasteiger partial charge in [0.25, 0.3) is 5.91 Å². The van der Waals surface area contributed by atoms with Gasteiger partial charge in [-0.1, -0.05) is 12.2 Å². The predicted molar refractivity (Wildman–Crippen MR) is 191 cm³/mol. The third kappa shape index (κ3) is 5.90. The topological polar surface area (TPSA) is 121 Å². The number of thiocarbonyl (C=S) groups is 1. The van der Waals surface area contributed by atoms with E-state index < -0.39 is 5.91 Å². The molecule has 3 atom stereocenters. The van der Waals surface area contributed by atoms with Crippen molar-refractivity contribution in [2.45, 2.75) is 57.5 Å². The summed E-state index contributed by atoms with van der Waals surface area (Å²) >= 11 is 11.2. The predicted octanol–water partition coefficient (Wildman–Crippen LogP) is 6.45. The lowest BCUT2D eigenvalue weighted by Gasteiger charge is -2.31. The first-order valence-electron chi connectivity index (χ1n) is 15.8. The highest BCUT2D eigenvalue weighted by Gasteiger charge is 2.34. The molecule has 6 aromatic heterocycles. The molecule has 2 aliphatic rings. The van der Waals surface area contributed by atoms with Crippen molar-refractivity contribution in [2.24, 2.45) is 11.7 Å². The molecule has 0 aromatic carbocycles. The van der Waals surface area contributed by atoms with Crippen LogP contribution in [-0.4, -0.2) is 71.5 Å². The number of carbonyl (C=O) groups is 2. The van der Waals surface area contributed by atoms with Gasteiger partial charge in [0.1, 0.15) is 11.6 Å². The second-order valence-corrected chi connectivity index (χ2v) is 16.1. The van der Waals surface area contributed by atoms with Gasteiger partial charge >= 0.3 is 0 Å². The number of fused-ring (bicyclic) bond motifs is 3. The minimum atomic E-state index is -0.563. The number of ether oxygens (including phenoxy) is 1. The van der Waals surface area contributed by atoms with E-state index in [1.165, 1.54) is 32.0 Å². The van der Waals surface area contributed by atoms with E-state index in [1.807, 2.05) is 46.8 Å². The molecule has 0 spiro atoms. The highest BCUT2D eigenvalue weighted by Crippen LogP contribution is 2.45. The van der Waals surface area contributed by atoms with Crippen LogP contribution in [0.5, 0.6) is 0 Å². The summed E-state index contributed by atoms with van der Waals surface area (Å²) in [5.41, 5.74) is 9.03. The Labute approximate surface area is 288 Å². The lowest BCUT2D eigenvalue weighted by molar-refractivity contribution is -0.133. The number of hydrogen-bond donors (Lipinski definition) is 1. The van der Waals surface area contributed by atoms with E-state index in [1.54, 1.807) is 21.5 Å². The van der Waals surface area contributed by atoms with E-state index in [0.717, 1.165) is 47.5 Å². The fourth-order valence-electron chi connectivity index (χ4n) is 6.99. The van der Waals surface area contributed by atoms with Gasteiger partial charge in [-0.2, -0.15) is 5.10 Å². The van der Waals surface area contributed by atoms with E-state index in [4.69, 9.17) is 27.7 Å². The Balaban J connectivity index is 1.01. The molecule has 2 unspecified atom stereocenters. The standard InChI is InChI=1S/C33H33N7O3S4/c1-18-9-28-35-13-21(14-40(28)37-18)33-36-32-30(47-33)22(31(34)42)15-38(32)16-29(41)39-6-2-7-43-17-23(39)24(44)11-19-3-4-20(10-19)26-12-27-25(46-26)5-8-45-27/h5,8-9,12-15,19-20,23H,2-4,6-7,10-11,16-17H2,1H3,(H2,34,42)/t19?,20?,23-/m1/s1. The fraction of sp³-hybridized carbons (Fsp3) is 0.394. The van der Waals surface area contributed by atoms with Crippen molar-refractivity contribution in [3.05, 3.63) is 58.3 Å². The number of nitrogens with zero attached hydrogens (tertiary/aromatic N) is 6. The van der Waals surface area contributed by atoms with Crippen molar-refractivity contribution in [3.8, 4) is 10.6 Å². The molecule has 6 aromatic rings. The van der Waals surface area contributed by atoms with Crippen LogP contribution in [0.1, 0.15) is 59.0 Å². The number of primary amides is 1. The number of thiazole rings is 1. The van der Waals surface area contributed by atoms with E-state index in [9.17, 15) is 9.59 Å². The van der Waals surface area contributed by atoms with Crippen LogP contribution in [0.15, 0.2) is 42.2 Å². The maximum atomic E-state index is 14.0.